The van der Waals surface area contributed by atoms with E-state index in [0.29, 0.717) is 24.4 Å². The van der Waals surface area contributed by atoms with Crippen LogP contribution < -0.4 is 5.32 Å². The number of hydrogen-bond donors (Lipinski definition) is 1. The number of aromatic nitrogens is 1. The van der Waals surface area contributed by atoms with Gasteiger partial charge in [0.2, 0.25) is 5.91 Å². The van der Waals surface area contributed by atoms with Gasteiger partial charge in [-0.05, 0) is 19.8 Å². The predicted molar refractivity (Wildman–Crippen MR) is 74.4 cm³/mol. The molecule has 0 aromatic carbocycles. The minimum absolute atomic E-state index is 0.0833. The van der Waals surface area contributed by atoms with Gasteiger partial charge in [0.05, 0.1) is 18.3 Å². The third-order valence-electron chi connectivity index (χ3n) is 4.15. The minimum atomic E-state index is -0.638. The second kappa shape index (κ2) is 5.43. The maximum atomic E-state index is 12.4. The molecule has 3 heterocycles. The Hall–Kier alpha value is -2.38. The molecule has 3 rings (SSSR count). The van der Waals surface area contributed by atoms with Crippen molar-refractivity contribution >= 4 is 17.7 Å². The van der Waals surface area contributed by atoms with Crippen LogP contribution in [-0.4, -0.2) is 58.4 Å². The molecule has 8 heteroatoms. The van der Waals surface area contributed by atoms with Crippen molar-refractivity contribution in [2.45, 2.75) is 38.4 Å². The summed E-state index contributed by atoms with van der Waals surface area (Å²) in [7, 11) is 1.53. The number of likely N-dealkylation sites (N-methyl/N-ethyl adjacent to an activating group) is 1. The standard InChI is InChI=1S/C14H18N4O4/c1-8-5-10(22-16-8)7-17(2)13(20)14(21)18-9-3-4-11(18)12(19)15-6-9/h5,9,11H,3-4,6-7H2,1-2H3,(H,15,19). The number of fused-ring (bicyclic) bond motifs is 2. The molecule has 8 nitrogen and oxygen atoms in total. The van der Waals surface area contributed by atoms with E-state index in [1.54, 1.807) is 13.0 Å². The molecule has 22 heavy (non-hydrogen) atoms. The molecule has 2 aliphatic heterocycles. The van der Waals surface area contributed by atoms with Crippen LogP contribution in [0.5, 0.6) is 0 Å². The highest BCUT2D eigenvalue weighted by atomic mass is 16.5. The molecule has 2 bridgehead atoms. The minimum Gasteiger partial charge on any atom is -0.359 e. The number of rotatable bonds is 2. The molecule has 2 unspecified atom stereocenters. The van der Waals surface area contributed by atoms with Gasteiger partial charge in [0.1, 0.15) is 6.04 Å². The third-order valence-corrected chi connectivity index (χ3v) is 4.15. The Bertz CT molecular complexity index is 626. The maximum Gasteiger partial charge on any atom is 0.313 e. The Morgan fingerprint density at radius 2 is 2.27 bits per heavy atom. The molecule has 118 valence electrons. The number of amides is 3. The summed E-state index contributed by atoms with van der Waals surface area (Å²) in [5.41, 5.74) is 0.716. The molecule has 1 aromatic heterocycles. The average molecular weight is 306 g/mol. The Morgan fingerprint density at radius 3 is 2.95 bits per heavy atom. The number of piperazine rings is 1. The summed E-state index contributed by atoms with van der Waals surface area (Å²) in [6.07, 6.45) is 1.36. The predicted octanol–water partition coefficient (Wildman–Crippen LogP) is -0.569. The van der Waals surface area contributed by atoms with E-state index in [4.69, 9.17) is 4.52 Å². The second-order valence-corrected chi connectivity index (χ2v) is 5.80. The van der Waals surface area contributed by atoms with Gasteiger partial charge in [-0.3, -0.25) is 14.4 Å². The molecule has 2 aliphatic rings. The van der Waals surface area contributed by atoms with Gasteiger partial charge in [-0.25, -0.2) is 0 Å². The van der Waals surface area contributed by atoms with Gasteiger partial charge in [0.15, 0.2) is 5.76 Å². The zero-order valence-electron chi connectivity index (χ0n) is 12.5. The second-order valence-electron chi connectivity index (χ2n) is 5.80. The zero-order valence-corrected chi connectivity index (χ0v) is 12.5. The Morgan fingerprint density at radius 1 is 1.50 bits per heavy atom. The van der Waals surface area contributed by atoms with Crippen LogP contribution in [0.1, 0.15) is 24.3 Å². The van der Waals surface area contributed by atoms with Gasteiger partial charge in [-0.1, -0.05) is 5.16 Å². The molecule has 0 aliphatic carbocycles. The van der Waals surface area contributed by atoms with Crippen LogP contribution in [0.25, 0.3) is 0 Å². The van der Waals surface area contributed by atoms with Crippen molar-refractivity contribution in [2.24, 2.45) is 0 Å². The summed E-state index contributed by atoms with van der Waals surface area (Å²) in [5.74, 6) is -0.925. The van der Waals surface area contributed by atoms with Crippen LogP contribution in [0, 0.1) is 6.92 Å². The van der Waals surface area contributed by atoms with Crippen LogP contribution in [0.3, 0.4) is 0 Å². The highest BCUT2D eigenvalue weighted by Crippen LogP contribution is 2.27. The van der Waals surface area contributed by atoms with Gasteiger partial charge in [0.25, 0.3) is 0 Å². The highest BCUT2D eigenvalue weighted by Gasteiger charge is 2.46. The van der Waals surface area contributed by atoms with Gasteiger partial charge in [-0.2, -0.15) is 0 Å². The molecule has 0 spiro atoms. The summed E-state index contributed by atoms with van der Waals surface area (Å²) in [5, 5.41) is 6.51. The van der Waals surface area contributed by atoms with Gasteiger partial charge >= 0.3 is 11.8 Å². The molecule has 2 saturated heterocycles. The molecule has 1 aromatic rings. The lowest BCUT2D eigenvalue weighted by molar-refractivity contribution is -0.156. The fourth-order valence-corrected chi connectivity index (χ4v) is 3.05. The van der Waals surface area contributed by atoms with E-state index in [0.717, 1.165) is 6.42 Å². The van der Waals surface area contributed by atoms with E-state index in [-0.39, 0.29) is 18.5 Å². The molecule has 3 amide bonds. The third kappa shape index (κ3) is 2.44. The van der Waals surface area contributed by atoms with Crippen LogP contribution in [0.15, 0.2) is 10.6 Å². The van der Waals surface area contributed by atoms with E-state index in [1.807, 2.05) is 0 Å². The number of nitrogens with zero attached hydrogens (tertiary/aromatic N) is 3. The molecule has 0 saturated carbocycles. The van der Waals surface area contributed by atoms with Crippen LogP contribution in [0.4, 0.5) is 0 Å². The Balaban J connectivity index is 1.69. The first-order valence-electron chi connectivity index (χ1n) is 7.25. The first-order valence-corrected chi connectivity index (χ1v) is 7.25. The SMILES string of the molecule is Cc1cc(CN(C)C(=O)C(=O)N2C3CCC2C(=O)NC3)on1. The van der Waals surface area contributed by atoms with Crippen molar-refractivity contribution in [1.29, 1.82) is 0 Å². The number of nitrogens with one attached hydrogen (secondary N) is 1. The number of aryl methyl sites for hydroxylation is 1. The van der Waals surface area contributed by atoms with Crippen molar-refractivity contribution in [1.82, 2.24) is 20.3 Å². The largest absolute Gasteiger partial charge is 0.359 e. The average Bonchev–Trinajstić information content (AvgIpc) is 3.04. The van der Waals surface area contributed by atoms with E-state index in [2.05, 4.69) is 10.5 Å². The summed E-state index contributed by atoms with van der Waals surface area (Å²) in [6.45, 7) is 2.37. The lowest BCUT2D eigenvalue weighted by Gasteiger charge is -2.34. The molecule has 2 fully saturated rings. The van der Waals surface area contributed by atoms with Crippen molar-refractivity contribution < 1.29 is 18.9 Å². The van der Waals surface area contributed by atoms with Crippen molar-refractivity contribution in [3.63, 3.8) is 0 Å². The van der Waals surface area contributed by atoms with E-state index < -0.39 is 17.9 Å². The number of carbonyl (C=O) groups excluding carboxylic acids is 3. The van der Waals surface area contributed by atoms with Gasteiger partial charge in [-0.15, -0.1) is 0 Å². The lowest BCUT2D eigenvalue weighted by atomic mass is 10.2. The first-order chi connectivity index (χ1) is 10.5. The van der Waals surface area contributed by atoms with Crippen molar-refractivity contribution in [3.05, 3.63) is 17.5 Å². The number of carbonyl (C=O) groups is 3. The summed E-state index contributed by atoms with van der Waals surface area (Å²) in [4.78, 5) is 39.3. The van der Waals surface area contributed by atoms with Crippen LogP contribution >= 0.6 is 0 Å². The highest BCUT2D eigenvalue weighted by molar-refractivity contribution is 6.35. The van der Waals surface area contributed by atoms with E-state index >= 15 is 0 Å². The first kappa shape index (κ1) is 14.6. The van der Waals surface area contributed by atoms with Crippen molar-refractivity contribution in [3.8, 4) is 0 Å². The normalized spacial score (nSPS) is 23.4. The molecular formula is C14H18N4O4. The quantitative estimate of drug-likeness (QED) is 0.738. The van der Waals surface area contributed by atoms with Gasteiger partial charge in [0, 0.05) is 19.7 Å². The number of hydrogen-bond acceptors (Lipinski definition) is 5. The summed E-state index contributed by atoms with van der Waals surface area (Å²) < 4.78 is 5.05. The van der Waals surface area contributed by atoms with Crippen LogP contribution in [-0.2, 0) is 20.9 Å². The molecule has 2 atom stereocenters. The Labute approximate surface area is 127 Å². The van der Waals surface area contributed by atoms with Crippen molar-refractivity contribution in [2.75, 3.05) is 13.6 Å². The smallest absolute Gasteiger partial charge is 0.313 e. The summed E-state index contributed by atoms with van der Waals surface area (Å²) in [6, 6.07) is 1.11. The fraction of sp³-hybridized carbons (Fsp3) is 0.571. The monoisotopic (exact) mass is 306 g/mol. The zero-order chi connectivity index (χ0) is 15.9. The lowest BCUT2D eigenvalue weighted by Crippen LogP contribution is -2.60. The molecule has 0 radical (unpaired) electrons. The summed E-state index contributed by atoms with van der Waals surface area (Å²) >= 11 is 0. The molecule has 1 N–H and O–H groups in total. The van der Waals surface area contributed by atoms with Crippen LogP contribution in [0.2, 0.25) is 0 Å². The fourth-order valence-electron chi connectivity index (χ4n) is 3.05. The topological polar surface area (TPSA) is 95.8 Å². The van der Waals surface area contributed by atoms with E-state index in [1.165, 1.54) is 16.8 Å². The van der Waals surface area contributed by atoms with Gasteiger partial charge < -0.3 is 19.6 Å². The van der Waals surface area contributed by atoms with E-state index in [9.17, 15) is 14.4 Å². The molecular weight excluding hydrogens is 288 g/mol. The Kier molecular flexibility index (Phi) is 3.59. The maximum absolute atomic E-state index is 12.4.